The van der Waals surface area contributed by atoms with Crippen molar-refractivity contribution >= 4 is 34.8 Å². The molecular weight excluding hydrogens is 486 g/mol. The molecule has 0 saturated carbocycles. The highest BCUT2D eigenvalue weighted by Gasteiger charge is 2.26. The predicted molar refractivity (Wildman–Crippen MR) is 160 cm³/mol. The molecule has 3 N–H and O–H groups in total. The normalized spacial score (nSPS) is 10.8. The maximum atomic E-state index is 13.5. The molecule has 0 radical (unpaired) electrons. The Balaban J connectivity index is 1.82. The lowest BCUT2D eigenvalue weighted by atomic mass is 9.97. The van der Waals surface area contributed by atoms with Crippen molar-refractivity contribution in [2.75, 3.05) is 16.0 Å². The van der Waals surface area contributed by atoms with Crippen molar-refractivity contribution in [3.05, 3.63) is 88.0 Å². The number of hydrogen-bond donors (Lipinski definition) is 3. The molecule has 206 valence electrons. The number of carbonyl (C=O) groups excluding carboxylic acids is 3. The minimum atomic E-state index is -0.848. The van der Waals surface area contributed by atoms with Gasteiger partial charge in [-0.3, -0.25) is 14.4 Å². The summed E-state index contributed by atoms with van der Waals surface area (Å²) in [6, 6.07) is 17.4. The molecule has 0 bridgehead atoms. The largest absolute Gasteiger partial charge is 0.326 e. The van der Waals surface area contributed by atoms with Gasteiger partial charge in [0.25, 0.3) is 0 Å². The van der Waals surface area contributed by atoms with E-state index >= 15 is 0 Å². The Kier molecular flexibility index (Phi) is 10.4. The van der Waals surface area contributed by atoms with Gasteiger partial charge in [0.2, 0.25) is 17.7 Å². The van der Waals surface area contributed by atoms with E-state index < -0.39 is 5.92 Å². The standard InChI is InChI=1S/C33H41N3O3/c1-7-24-13-10-16-28(21(24)4)34-31(37)19-27(33(39)36-30-18-12-15-26(9-3)23(30)6)20-32(38)35-29-17-11-14-25(8-2)22(29)5/h10-18,27H,7-9,19-20H2,1-6H3,(H,34,37)(H,35,38)(H,36,39). The van der Waals surface area contributed by atoms with Gasteiger partial charge in [0, 0.05) is 29.9 Å². The van der Waals surface area contributed by atoms with Crippen LogP contribution in [0.25, 0.3) is 0 Å². The van der Waals surface area contributed by atoms with Crippen LogP contribution in [0.5, 0.6) is 0 Å². The van der Waals surface area contributed by atoms with Crippen LogP contribution in [0.4, 0.5) is 17.1 Å². The average Bonchev–Trinajstić information content (AvgIpc) is 2.91. The topological polar surface area (TPSA) is 87.3 Å². The number of hydrogen-bond acceptors (Lipinski definition) is 3. The summed E-state index contributed by atoms with van der Waals surface area (Å²) in [6.45, 7) is 12.1. The zero-order valence-electron chi connectivity index (χ0n) is 24.0. The molecule has 3 amide bonds. The Bertz CT molecular complexity index is 1280. The molecule has 0 unspecified atom stereocenters. The van der Waals surface area contributed by atoms with E-state index in [2.05, 4.69) is 36.7 Å². The lowest BCUT2D eigenvalue weighted by Crippen LogP contribution is -2.31. The van der Waals surface area contributed by atoms with Crippen LogP contribution in [0.15, 0.2) is 54.6 Å². The molecule has 0 atom stereocenters. The van der Waals surface area contributed by atoms with Gasteiger partial charge < -0.3 is 16.0 Å². The molecule has 39 heavy (non-hydrogen) atoms. The maximum Gasteiger partial charge on any atom is 0.228 e. The van der Waals surface area contributed by atoms with E-state index in [9.17, 15) is 14.4 Å². The highest BCUT2D eigenvalue weighted by Crippen LogP contribution is 2.25. The van der Waals surface area contributed by atoms with E-state index in [1.54, 1.807) is 0 Å². The molecule has 6 heteroatoms. The lowest BCUT2D eigenvalue weighted by Gasteiger charge is -2.19. The fourth-order valence-corrected chi connectivity index (χ4v) is 4.95. The van der Waals surface area contributed by atoms with Gasteiger partial charge in [0.1, 0.15) is 0 Å². The Hall–Kier alpha value is -3.93. The summed E-state index contributed by atoms with van der Waals surface area (Å²) in [5.41, 5.74) is 8.58. The van der Waals surface area contributed by atoms with Crippen molar-refractivity contribution < 1.29 is 14.4 Å². The molecule has 0 aliphatic heterocycles. The molecule has 6 nitrogen and oxygen atoms in total. The third-order valence-corrected chi connectivity index (χ3v) is 7.52. The third-order valence-electron chi connectivity index (χ3n) is 7.52. The molecule has 3 rings (SSSR count). The molecular formula is C33H41N3O3. The Morgan fingerprint density at radius 2 is 0.897 bits per heavy atom. The van der Waals surface area contributed by atoms with Crippen LogP contribution < -0.4 is 16.0 Å². The number of carbonyl (C=O) groups is 3. The van der Waals surface area contributed by atoms with Gasteiger partial charge in [0.15, 0.2) is 0 Å². The minimum absolute atomic E-state index is 0.116. The monoisotopic (exact) mass is 527 g/mol. The number of rotatable bonds is 11. The van der Waals surface area contributed by atoms with E-state index in [0.717, 1.165) is 64.0 Å². The summed E-state index contributed by atoms with van der Waals surface area (Å²) in [4.78, 5) is 39.8. The molecule has 0 spiro atoms. The number of aryl methyl sites for hydroxylation is 3. The Morgan fingerprint density at radius 1 is 0.564 bits per heavy atom. The molecule has 0 saturated heterocycles. The smallest absolute Gasteiger partial charge is 0.228 e. The summed E-state index contributed by atoms with van der Waals surface area (Å²) >= 11 is 0. The quantitative estimate of drug-likeness (QED) is 0.253. The first-order chi connectivity index (χ1) is 18.7. The zero-order chi connectivity index (χ0) is 28.5. The molecule has 0 aliphatic carbocycles. The van der Waals surface area contributed by atoms with Crippen molar-refractivity contribution in [2.45, 2.75) is 73.6 Å². The van der Waals surface area contributed by atoms with Gasteiger partial charge in [-0.2, -0.15) is 0 Å². The van der Waals surface area contributed by atoms with E-state index in [0.29, 0.717) is 5.69 Å². The fourth-order valence-electron chi connectivity index (χ4n) is 4.95. The SMILES string of the molecule is CCc1cccc(NC(=O)CC(CC(=O)Nc2cccc(CC)c2C)C(=O)Nc2cccc(CC)c2C)c1C. The molecule has 3 aromatic rings. The Labute approximate surface area is 232 Å². The van der Waals surface area contributed by atoms with Gasteiger partial charge in [-0.25, -0.2) is 0 Å². The van der Waals surface area contributed by atoms with Crippen molar-refractivity contribution in [1.82, 2.24) is 0 Å². The van der Waals surface area contributed by atoms with Crippen LogP contribution >= 0.6 is 0 Å². The van der Waals surface area contributed by atoms with Crippen LogP contribution in [0.2, 0.25) is 0 Å². The molecule has 0 fully saturated rings. The first-order valence-corrected chi connectivity index (χ1v) is 13.8. The van der Waals surface area contributed by atoms with Crippen molar-refractivity contribution in [3.63, 3.8) is 0 Å². The molecule has 0 aliphatic rings. The second-order valence-electron chi connectivity index (χ2n) is 10.0. The van der Waals surface area contributed by atoms with Crippen LogP contribution in [0.1, 0.15) is 67.0 Å². The van der Waals surface area contributed by atoms with Gasteiger partial charge >= 0.3 is 0 Å². The highest BCUT2D eigenvalue weighted by molar-refractivity contribution is 6.02. The summed E-state index contributed by atoms with van der Waals surface area (Å²) < 4.78 is 0. The summed E-state index contributed by atoms with van der Waals surface area (Å²) in [5, 5.41) is 8.90. The number of anilines is 3. The second-order valence-corrected chi connectivity index (χ2v) is 10.0. The minimum Gasteiger partial charge on any atom is -0.326 e. The van der Waals surface area contributed by atoms with Gasteiger partial charge in [-0.05, 0) is 91.6 Å². The van der Waals surface area contributed by atoms with Crippen LogP contribution in [0, 0.1) is 26.7 Å². The summed E-state index contributed by atoms with van der Waals surface area (Å²) in [5.74, 6) is -1.81. The fraction of sp³-hybridized carbons (Fsp3) is 0.364. The first-order valence-electron chi connectivity index (χ1n) is 13.8. The maximum absolute atomic E-state index is 13.5. The molecule has 0 heterocycles. The van der Waals surface area contributed by atoms with Crippen molar-refractivity contribution in [2.24, 2.45) is 5.92 Å². The number of amides is 3. The van der Waals surface area contributed by atoms with E-state index in [1.807, 2.05) is 75.4 Å². The van der Waals surface area contributed by atoms with Gasteiger partial charge in [-0.1, -0.05) is 57.2 Å². The summed E-state index contributed by atoms with van der Waals surface area (Å²) in [7, 11) is 0. The zero-order valence-corrected chi connectivity index (χ0v) is 24.0. The van der Waals surface area contributed by atoms with Crippen molar-refractivity contribution in [1.29, 1.82) is 0 Å². The lowest BCUT2D eigenvalue weighted by molar-refractivity contribution is -0.127. The van der Waals surface area contributed by atoms with Crippen LogP contribution in [0.3, 0.4) is 0 Å². The number of benzene rings is 3. The van der Waals surface area contributed by atoms with Crippen LogP contribution in [-0.4, -0.2) is 17.7 Å². The molecule has 0 aromatic heterocycles. The average molecular weight is 528 g/mol. The first kappa shape index (κ1) is 29.6. The van der Waals surface area contributed by atoms with Gasteiger partial charge in [0.05, 0.1) is 5.92 Å². The van der Waals surface area contributed by atoms with E-state index in [-0.39, 0.29) is 30.6 Å². The molecule has 3 aromatic carbocycles. The summed E-state index contributed by atoms with van der Waals surface area (Å²) in [6.07, 6.45) is 2.33. The van der Waals surface area contributed by atoms with Crippen molar-refractivity contribution in [3.8, 4) is 0 Å². The Morgan fingerprint density at radius 3 is 1.23 bits per heavy atom. The van der Waals surface area contributed by atoms with Crippen LogP contribution in [-0.2, 0) is 33.6 Å². The highest BCUT2D eigenvalue weighted by atomic mass is 16.2. The second kappa shape index (κ2) is 13.7. The van der Waals surface area contributed by atoms with E-state index in [1.165, 1.54) is 0 Å². The van der Waals surface area contributed by atoms with Gasteiger partial charge in [-0.15, -0.1) is 0 Å². The van der Waals surface area contributed by atoms with E-state index in [4.69, 9.17) is 0 Å². The predicted octanol–water partition coefficient (Wildman–Crippen LogP) is 6.91. The number of nitrogens with one attached hydrogen (secondary N) is 3. The third kappa shape index (κ3) is 7.56.